The minimum Gasteiger partial charge on any atom is -0.424 e. The summed E-state index contributed by atoms with van der Waals surface area (Å²) in [6.07, 6.45) is 4.71. The van der Waals surface area contributed by atoms with Crippen LogP contribution < -0.4 is 5.32 Å². The lowest BCUT2D eigenvalue weighted by Crippen LogP contribution is -2.38. The van der Waals surface area contributed by atoms with Gasteiger partial charge in [0.15, 0.2) is 0 Å². The molecule has 1 N–H and O–H groups in total. The Hall–Kier alpha value is -1.88. The average Bonchev–Trinajstić information content (AvgIpc) is 3.30. The maximum Gasteiger partial charge on any atom is 0.230 e. The molecule has 1 saturated heterocycles. The smallest absolute Gasteiger partial charge is 0.230 e. The summed E-state index contributed by atoms with van der Waals surface area (Å²) in [5.41, 5.74) is 2.53. The zero-order valence-corrected chi connectivity index (χ0v) is 13.7. The van der Waals surface area contributed by atoms with Gasteiger partial charge in [0.1, 0.15) is 0 Å². The molecule has 122 valence electrons. The number of piperidine rings is 1. The van der Waals surface area contributed by atoms with Gasteiger partial charge >= 0.3 is 0 Å². The van der Waals surface area contributed by atoms with E-state index in [9.17, 15) is 0 Å². The summed E-state index contributed by atoms with van der Waals surface area (Å²) in [6, 6.07) is 9.16. The van der Waals surface area contributed by atoms with Crippen LogP contribution >= 0.6 is 0 Å². The monoisotopic (exact) mass is 312 g/mol. The van der Waals surface area contributed by atoms with Crippen LogP contribution in [0.3, 0.4) is 0 Å². The van der Waals surface area contributed by atoms with E-state index >= 15 is 0 Å². The van der Waals surface area contributed by atoms with Gasteiger partial charge in [-0.25, -0.2) is 0 Å². The van der Waals surface area contributed by atoms with Crippen LogP contribution in [-0.2, 0) is 6.54 Å². The molecule has 1 aliphatic carbocycles. The third kappa shape index (κ3) is 3.72. The highest BCUT2D eigenvalue weighted by atomic mass is 16.4. The first-order valence-corrected chi connectivity index (χ1v) is 8.64. The first-order chi connectivity index (χ1) is 11.3. The fourth-order valence-electron chi connectivity index (χ4n) is 3.22. The first-order valence-electron chi connectivity index (χ1n) is 8.64. The van der Waals surface area contributed by atoms with Crippen LogP contribution in [0.5, 0.6) is 0 Å². The Balaban J connectivity index is 1.26. The summed E-state index contributed by atoms with van der Waals surface area (Å²) in [7, 11) is 0. The molecule has 0 atom stereocenters. The fraction of sp³-hybridized carbons (Fsp3) is 0.556. The van der Waals surface area contributed by atoms with Crippen molar-refractivity contribution in [1.29, 1.82) is 0 Å². The molecule has 0 radical (unpaired) electrons. The molecule has 5 heteroatoms. The number of aromatic nitrogens is 2. The molecule has 2 fully saturated rings. The number of anilines is 1. The fourth-order valence-corrected chi connectivity index (χ4v) is 3.22. The Morgan fingerprint density at radius 2 is 2.00 bits per heavy atom. The Kier molecular flexibility index (Phi) is 4.04. The SMILES string of the molecule is Cc1cccc(NC2CCN(Cc3nnc(C4CC4)o3)CC2)c1. The van der Waals surface area contributed by atoms with E-state index in [0.29, 0.717) is 12.0 Å². The molecule has 0 bridgehead atoms. The highest BCUT2D eigenvalue weighted by molar-refractivity contribution is 5.46. The summed E-state index contributed by atoms with van der Waals surface area (Å²) in [5, 5.41) is 12.0. The van der Waals surface area contributed by atoms with Crippen LogP contribution in [0.4, 0.5) is 5.69 Å². The van der Waals surface area contributed by atoms with Gasteiger partial charge in [-0.1, -0.05) is 12.1 Å². The number of nitrogens with one attached hydrogen (secondary N) is 1. The van der Waals surface area contributed by atoms with Gasteiger partial charge in [0.2, 0.25) is 11.8 Å². The molecule has 1 aromatic carbocycles. The van der Waals surface area contributed by atoms with Crippen molar-refractivity contribution in [3.8, 4) is 0 Å². The van der Waals surface area contributed by atoms with E-state index in [1.54, 1.807) is 0 Å². The normalized spacial score (nSPS) is 19.9. The van der Waals surface area contributed by atoms with Gasteiger partial charge < -0.3 is 9.73 Å². The molecule has 0 amide bonds. The minimum atomic E-state index is 0.542. The van der Waals surface area contributed by atoms with Gasteiger partial charge in [-0.3, -0.25) is 4.90 Å². The van der Waals surface area contributed by atoms with Gasteiger partial charge in [-0.05, 0) is 50.3 Å². The molecule has 1 aliphatic heterocycles. The highest BCUT2D eigenvalue weighted by Crippen LogP contribution is 2.39. The molecule has 2 aromatic rings. The molecule has 1 saturated carbocycles. The van der Waals surface area contributed by atoms with Gasteiger partial charge in [0.05, 0.1) is 6.54 Å². The molecule has 1 aromatic heterocycles. The number of hydrogen-bond acceptors (Lipinski definition) is 5. The van der Waals surface area contributed by atoms with E-state index in [4.69, 9.17) is 4.42 Å². The first kappa shape index (κ1) is 14.7. The van der Waals surface area contributed by atoms with Gasteiger partial charge in [-0.2, -0.15) is 0 Å². The maximum atomic E-state index is 5.77. The standard InChI is InChI=1S/C18H24N4O/c1-13-3-2-4-16(11-13)19-15-7-9-22(10-8-15)12-17-20-21-18(23-17)14-5-6-14/h2-4,11,14-15,19H,5-10,12H2,1H3. The molecule has 23 heavy (non-hydrogen) atoms. The number of nitrogens with zero attached hydrogens (tertiary/aromatic N) is 3. The summed E-state index contributed by atoms with van der Waals surface area (Å²) >= 11 is 0. The molecule has 5 nitrogen and oxygen atoms in total. The second kappa shape index (κ2) is 6.32. The number of likely N-dealkylation sites (tertiary alicyclic amines) is 1. The third-order valence-corrected chi connectivity index (χ3v) is 4.74. The van der Waals surface area contributed by atoms with E-state index in [1.807, 2.05) is 0 Å². The predicted octanol–water partition coefficient (Wildman–Crippen LogP) is 3.33. The Bertz CT molecular complexity index is 657. The number of aryl methyl sites for hydroxylation is 1. The highest BCUT2D eigenvalue weighted by Gasteiger charge is 2.29. The molecule has 2 heterocycles. The van der Waals surface area contributed by atoms with Crippen molar-refractivity contribution in [3.05, 3.63) is 41.6 Å². The largest absolute Gasteiger partial charge is 0.424 e. The lowest BCUT2D eigenvalue weighted by molar-refractivity contribution is 0.192. The van der Waals surface area contributed by atoms with Crippen molar-refractivity contribution in [2.75, 3.05) is 18.4 Å². The van der Waals surface area contributed by atoms with Crippen molar-refractivity contribution in [2.24, 2.45) is 0 Å². The van der Waals surface area contributed by atoms with Crippen LogP contribution in [0.15, 0.2) is 28.7 Å². The van der Waals surface area contributed by atoms with Crippen molar-refractivity contribution < 1.29 is 4.42 Å². The molecule has 0 spiro atoms. The molecular weight excluding hydrogens is 288 g/mol. The van der Waals surface area contributed by atoms with Crippen LogP contribution in [0.2, 0.25) is 0 Å². The zero-order valence-electron chi connectivity index (χ0n) is 13.7. The average molecular weight is 312 g/mol. The van der Waals surface area contributed by atoms with E-state index < -0.39 is 0 Å². The zero-order chi connectivity index (χ0) is 15.6. The van der Waals surface area contributed by atoms with E-state index in [1.165, 1.54) is 24.1 Å². The molecular formula is C18H24N4O. The van der Waals surface area contributed by atoms with Crippen molar-refractivity contribution in [2.45, 2.75) is 51.1 Å². The Morgan fingerprint density at radius 1 is 1.17 bits per heavy atom. The summed E-state index contributed by atoms with van der Waals surface area (Å²) < 4.78 is 5.77. The molecule has 4 rings (SSSR count). The third-order valence-electron chi connectivity index (χ3n) is 4.74. The van der Waals surface area contributed by atoms with E-state index in [-0.39, 0.29) is 0 Å². The lowest BCUT2D eigenvalue weighted by Gasteiger charge is -2.32. The van der Waals surface area contributed by atoms with Crippen LogP contribution in [-0.4, -0.2) is 34.2 Å². The van der Waals surface area contributed by atoms with E-state index in [0.717, 1.165) is 44.3 Å². The Labute approximate surface area is 137 Å². The molecule has 0 unspecified atom stereocenters. The van der Waals surface area contributed by atoms with E-state index in [2.05, 4.69) is 51.6 Å². The van der Waals surface area contributed by atoms with Gasteiger partial charge in [0, 0.05) is 30.7 Å². The van der Waals surface area contributed by atoms with Crippen molar-refractivity contribution in [3.63, 3.8) is 0 Å². The quantitative estimate of drug-likeness (QED) is 0.918. The summed E-state index contributed by atoms with van der Waals surface area (Å²) in [5.74, 6) is 2.16. The van der Waals surface area contributed by atoms with Crippen LogP contribution in [0.1, 0.15) is 48.9 Å². The molecule has 2 aliphatic rings. The number of rotatable bonds is 5. The van der Waals surface area contributed by atoms with Crippen molar-refractivity contribution in [1.82, 2.24) is 15.1 Å². The summed E-state index contributed by atoms with van der Waals surface area (Å²) in [4.78, 5) is 2.42. The van der Waals surface area contributed by atoms with Crippen LogP contribution in [0, 0.1) is 6.92 Å². The van der Waals surface area contributed by atoms with Gasteiger partial charge in [-0.15, -0.1) is 10.2 Å². The number of hydrogen-bond donors (Lipinski definition) is 1. The van der Waals surface area contributed by atoms with Crippen LogP contribution in [0.25, 0.3) is 0 Å². The number of benzene rings is 1. The minimum absolute atomic E-state index is 0.542. The topological polar surface area (TPSA) is 54.2 Å². The predicted molar refractivity (Wildman–Crippen MR) is 89.4 cm³/mol. The second-order valence-corrected chi connectivity index (χ2v) is 6.87. The van der Waals surface area contributed by atoms with Crippen molar-refractivity contribution >= 4 is 5.69 Å². The maximum absolute atomic E-state index is 5.77. The Morgan fingerprint density at radius 3 is 2.74 bits per heavy atom. The lowest BCUT2D eigenvalue weighted by atomic mass is 10.0. The second-order valence-electron chi connectivity index (χ2n) is 6.87. The van der Waals surface area contributed by atoms with Gasteiger partial charge in [0.25, 0.3) is 0 Å². The summed E-state index contributed by atoms with van der Waals surface area (Å²) in [6.45, 7) is 5.07.